The number of amides is 2. The molecule has 0 bridgehead atoms. The summed E-state index contributed by atoms with van der Waals surface area (Å²) in [6, 6.07) is 18.5. The van der Waals surface area contributed by atoms with Gasteiger partial charge in [0.05, 0.1) is 10.9 Å². The van der Waals surface area contributed by atoms with Gasteiger partial charge in [0.2, 0.25) is 10.0 Å². The number of carbonyl (C=O) groups excluding carboxylic acids is 1. The Labute approximate surface area is 155 Å². The minimum Gasteiger partial charge on any atom is -0.326 e. The number of urea groups is 1. The second kappa shape index (κ2) is 7.69. The lowest BCUT2D eigenvalue weighted by Crippen LogP contribution is -2.32. The number of hydrogen-bond acceptors (Lipinski definition) is 4. The molecule has 6 nitrogen and oxygen atoms in total. The first kappa shape index (κ1) is 18.1. The van der Waals surface area contributed by atoms with Gasteiger partial charge in [-0.1, -0.05) is 36.4 Å². The number of nitrogens with one attached hydrogen (secondary N) is 2. The molecule has 0 radical (unpaired) electrons. The summed E-state index contributed by atoms with van der Waals surface area (Å²) < 4.78 is 22.6. The molecule has 8 heteroatoms. The molecule has 134 valence electrons. The van der Waals surface area contributed by atoms with Crippen LogP contribution in [0.1, 0.15) is 16.5 Å². The molecule has 0 saturated heterocycles. The van der Waals surface area contributed by atoms with Crippen molar-refractivity contribution in [1.82, 2.24) is 5.32 Å². The van der Waals surface area contributed by atoms with Crippen LogP contribution in [0, 0.1) is 0 Å². The highest BCUT2D eigenvalue weighted by Gasteiger charge is 2.18. The molecule has 4 N–H and O–H groups in total. The number of sulfonamides is 1. The lowest BCUT2D eigenvalue weighted by molar-refractivity contribution is 0.250. The van der Waals surface area contributed by atoms with Crippen LogP contribution in [0.5, 0.6) is 0 Å². The van der Waals surface area contributed by atoms with E-state index >= 15 is 0 Å². The average molecular weight is 387 g/mol. The highest BCUT2D eigenvalue weighted by Crippen LogP contribution is 2.26. The molecule has 0 aliphatic carbocycles. The fourth-order valence-corrected chi connectivity index (χ4v) is 3.76. The van der Waals surface area contributed by atoms with Crippen molar-refractivity contribution in [2.24, 2.45) is 5.14 Å². The maximum absolute atomic E-state index is 12.4. The third-order valence-corrected chi connectivity index (χ3v) is 5.54. The summed E-state index contributed by atoms with van der Waals surface area (Å²) in [6.45, 7) is 0. The molecule has 2 amide bonds. The van der Waals surface area contributed by atoms with Gasteiger partial charge >= 0.3 is 6.03 Å². The molecule has 3 rings (SSSR count). The summed E-state index contributed by atoms with van der Waals surface area (Å²) in [6.07, 6.45) is 0. The molecular formula is C18H17N3O3S2. The first-order valence-corrected chi connectivity index (χ1v) is 10.1. The minimum atomic E-state index is -3.76. The zero-order chi connectivity index (χ0) is 18.6. The molecular weight excluding hydrogens is 370 g/mol. The third-order valence-electron chi connectivity index (χ3n) is 3.68. The van der Waals surface area contributed by atoms with Crippen LogP contribution < -0.4 is 15.8 Å². The molecule has 1 atom stereocenters. The van der Waals surface area contributed by atoms with Crippen molar-refractivity contribution in [2.75, 3.05) is 5.32 Å². The molecule has 26 heavy (non-hydrogen) atoms. The number of hydrogen-bond donors (Lipinski definition) is 3. The topological polar surface area (TPSA) is 101 Å². The first-order valence-electron chi connectivity index (χ1n) is 7.72. The molecule has 0 aliphatic rings. The normalized spacial score (nSPS) is 12.3. The van der Waals surface area contributed by atoms with Crippen LogP contribution in [0.2, 0.25) is 0 Å². The van der Waals surface area contributed by atoms with Crippen LogP contribution in [0.15, 0.2) is 77.0 Å². The second-order valence-corrected chi connectivity index (χ2v) is 8.07. The van der Waals surface area contributed by atoms with E-state index in [0.29, 0.717) is 5.69 Å². The van der Waals surface area contributed by atoms with Gasteiger partial charge in [0.25, 0.3) is 0 Å². The van der Waals surface area contributed by atoms with Gasteiger partial charge in [0, 0.05) is 10.6 Å². The van der Waals surface area contributed by atoms with Crippen molar-refractivity contribution in [3.63, 3.8) is 0 Å². The number of rotatable bonds is 5. The number of primary sulfonamides is 1. The summed E-state index contributed by atoms with van der Waals surface area (Å²) >= 11 is 1.56. The molecule has 3 aromatic rings. The predicted octanol–water partition coefficient (Wildman–Crippen LogP) is 3.31. The first-order chi connectivity index (χ1) is 12.4. The standard InChI is InChI=1S/C18H17N3O3S2/c19-26(23,24)15-10-8-14(9-11-15)20-18(22)21-17(16-7-4-12-25-16)13-5-2-1-3-6-13/h1-12,17H,(H2,19,23,24)(H2,20,21,22)/t17-/m0/s1. The third kappa shape index (κ3) is 4.48. The molecule has 0 unspecified atom stereocenters. The largest absolute Gasteiger partial charge is 0.326 e. The van der Waals surface area contributed by atoms with Crippen LogP contribution in [-0.4, -0.2) is 14.4 Å². The zero-order valence-electron chi connectivity index (χ0n) is 13.6. The van der Waals surface area contributed by atoms with Gasteiger partial charge < -0.3 is 10.6 Å². The SMILES string of the molecule is NS(=O)(=O)c1ccc(NC(=O)N[C@@H](c2ccccc2)c2cccs2)cc1. The maximum Gasteiger partial charge on any atom is 0.320 e. The van der Waals surface area contributed by atoms with Gasteiger partial charge in [-0.25, -0.2) is 18.4 Å². The van der Waals surface area contributed by atoms with Crippen LogP contribution in [0.25, 0.3) is 0 Å². The van der Waals surface area contributed by atoms with Crippen molar-refractivity contribution in [2.45, 2.75) is 10.9 Å². The Morgan fingerprint density at radius 3 is 2.23 bits per heavy atom. The van der Waals surface area contributed by atoms with E-state index in [0.717, 1.165) is 10.4 Å². The summed E-state index contributed by atoms with van der Waals surface area (Å²) in [5.41, 5.74) is 1.43. The Morgan fingerprint density at radius 2 is 1.65 bits per heavy atom. The molecule has 0 fully saturated rings. The van der Waals surface area contributed by atoms with E-state index < -0.39 is 16.1 Å². The Morgan fingerprint density at radius 1 is 0.962 bits per heavy atom. The monoisotopic (exact) mass is 387 g/mol. The van der Waals surface area contributed by atoms with Crippen molar-refractivity contribution >= 4 is 33.1 Å². The van der Waals surface area contributed by atoms with Gasteiger partial charge in [-0.05, 0) is 41.3 Å². The summed E-state index contributed by atoms with van der Waals surface area (Å²) in [4.78, 5) is 13.4. The van der Waals surface area contributed by atoms with Crippen molar-refractivity contribution in [3.05, 3.63) is 82.6 Å². The van der Waals surface area contributed by atoms with Gasteiger partial charge in [-0.15, -0.1) is 11.3 Å². The number of thiophene rings is 1. The number of nitrogens with two attached hydrogens (primary N) is 1. The molecule has 1 aromatic heterocycles. The average Bonchev–Trinajstić information content (AvgIpc) is 3.14. The van der Waals surface area contributed by atoms with Crippen LogP contribution >= 0.6 is 11.3 Å². The Hall–Kier alpha value is -2.68. The minimum absolute atomic E-state index is 0.00999. The number of carbonyl (C=O) groups is 1. The summed E-state index contributed by atoms with van der Waals surface area (Å²) in [7, 11) is -3.76. The van der Waals surface area contributed by atoms with E-state index in [1.54, 1.807) is 11.3 Å². The Balaban J connectivity index is 1.74. The quantitative estimate of drug-likeness (QED) is 0.626. The lowest BCUT2D eigenvalue weighted by Gasteiger charge is -2.18. The van der Waals surface area contributed by atoms with E-state index in [4.69, 9.17) is 5.14 Å². The smallest absolute Gasteiger partial charge is 0.320 e. The summed E-state index contributed by atoms with van der Waals surface area (Å²) in [5.74, 6) is 0. The van der Waals surface area contributed by atoms with Gasteiger partial charge in [0.1, 0.15) is 0 Å². The summed E-state index contributed by atoms with van der Waals surface area (Å²) in [5, 5.41) is 12.7. The van der Waals surface area contributed by atoms with E-state index in [1.807, 2.05) is 47.8 Å². The van der Waals surface area contributed by atoms with Gasteiger partial charge in [-0.3, -0.25) is 0 Å². The molecule has 0 aliphatic heterocycles. The maximum atomic E-state index is 12.4. The van der Waals surface area contributed by atoms with Crippen LogP contribution in [-0.2, 0) is 10.0 Å². The number of benzene rings is 2. The fourth-order valence-electron chi connectivity index (χ4n) is 2.45. The molecule has 0 saturated carbocycles. The Bertz CT molecular complexity index is 970. The Kier molecular flexibility index (Phi) is 5.36. The highest BCUT2D eigenvalue weighted by molar-refractivity contribution is 7.89. The zero-order valence-corrected chi connectivity index (χ0v) is 15.3. The molecule has 0 spiro atoms. The van der Waals surface area contributed by atoms with Crippen LogP contribution in [0.3, 0.4) is 0 Å². The predicted molar refractivity (Wildman–Crippen MR) is 103 cm³/mol. The molecule has 1 heterocycles. The second-order valence-electron chi connectivity index (χ2n) is 5.53. The van der Waals surface area contributed by atoms with E-state index in [1.165, 1.54) is 24.3 Å². The van der Waals surface area contributed by atoms with Gasteiger partial charge in [-0.2, -0.15) is 0 Å². The van der Waals surface area contributed by atoms with E-state index in [-0.39, 0.29) is 10.9 Å². The molecule has 2 aromatic carbocycles. The van der Waals surface area contributed by atoms with Crippen LogP contribution in [0.4, 0.5) is 10.5 Å². The highest BCUT2D eigenvalue weighted by atomic mass is 32.2. The van der Waals surface area contributed by atoms with Gasteiger partial charge in [0.15, 0.2) is 0 Å². The van der Waals surface area contributed by atoms with Crippen molar-refractivity contribution in [3.8, 4) is 0 Å². The fraction of sp³-hybridized carbons (Fsp3) is 0.0556. The van der Waals surface area contributed by atoms with Crippen molar-refractivity contribution in [1.29, 1.82) is 0 Å². The van der Waals surface area contributed by atoms with E-state index in [9.17, 15) is 13.2 Å². The van der Waals surface area contributed by atoms with E-state index in [2.05, 4.69) is 10.6 Å². The lowest BCUT2D eigenvalue weighted by atomic mass is 10.1. The number of anilines is 1. The van der Waals surface area contributed by atoms with Crippen molar-refractivity contribution < 1.29 is 13.2 Å².